The normalized spacial score (nSPS) is 15.5. The summed E-state index contributed by atoms with van der Waals surface area (Å²) in [5, 5.41) is 14.9. The first-order chi connectivity index (χ1) is 15.6. The topological polar surface area (TPSA) is 110 Å². The summed E-state index contributed by atoms with van der Waals surface area (Å²) in [6.45, 7) is 1.13. The fourth-order valence-electron chi connectivity index (χ4n) is 3.11. The molecule has 1 aliphatic rings. The van der Waals surface area contributed by atoms with Gasteiger partial charge in [-0.15, -0.1) is 0 Å². The molecule has 2 N–H and O–H groups in total. The molecule has 0 bridgehead atoms. The highest BCUT2D eigenvalue weighted by molar-refractivity contribution is 6.09. The van der Waals surface area contributed by atoms with Crippen molar-refractivity contribution in [2.24, 2.45) is 0 Å². The molecule has 2 aromatic rings. The summed E-state index contributed by atoms with van der Waals surface area (Å²) in [5.41, 5.74) is 1.13. The van der Waals surface area contributed by atoms with Gasteiger partial charge in [-0.05, 0) is 48.7 Å². The number of methoxy groups -OCH3 is 1. The minimum absolute atomic E-state index is 0.0463. The van der Waals surface area contributed by atoms with Crippen LogP contribution in [0.1, 0.15) is 18.4 Å². The lowest BCUT2D eigenvalue weighted by Crippen LogP contribution is -2.35. The number of rotatable bonds is 9. The number of benzene rings is 2. The van der Waals surface area contributed by atoms with Crippen molar-refractivity contribution in [3.05, 3.63) is 59.7 Å². The van der Waals surface area contributed by atoms with Crippen molar-refractivity contribution >= 4 is 23.6 Å². The number of amides is 2. The maximum atomic E-state index is 12.4. The quantitative estimate of drug-likeness (QED) is 0.463. The van der Waals surface area contributed by atoms with Gasteiger partial charge in [0.15, 0.2) is 6.61 Å². The third kappa shape index (κ3) is 6.86. The average Bonchev–Trinajstić information content (AvgIpc) is 3.34. The van der Waals surface area contributed by atoms with E-state index in [1.165, 1.54) is 13.2 Å². The monoisotopic (exact) mass is 435 g/mol. The third-order valence-electron chi connectivity index (χ3n) is 4.80. The van der Waals surface area contributed by atoms with Crippen molar-refractivity contribution in [2.75, 3.05) is 32.2 Å². The first-order valence-corrected chi connectivity index (χ1v) is 10.3. The summed E-state index contributed by atoms with van der Waals surface area (Å²) in [7, 11) is 1.53. The summed E-state index contributed by atoms with van der Waals surface area (Å²) in [4.78, 5) is 24.3. The van der Waals surface area contributed by atoms with Gasteiger partial charge in [0.2, 0.25) is 0 Å². The Labute approximate surface area is 186 Å². The number of nitrogens with one attached hydrogen (secondary N) is 2. The number of carbonyl (C=O) groups excluding carboxylic acids is 2. The number of anilines is 1. The average molecular weight is 435 g/mol. The summed E-state index contributed by atoms with van der Waals surface area (Å²) >= 11 is 0. The molecule has 0 aromatic heterocycles. The zero-order valence-corrected chi connectivity index (χ0v) is 17.8. The Balaban J connectivity index is 1.52. The Kier molecular flexibility index (Phi) is 8.23. The van der Waals surface area contributed by atoms with E-state index in [0.29, 0.717) is 29.3 Å². The van der Waals surface area contributed by atoms with Crippen molar-refractivity contribution in [1.82, 2.24) is 5.32 Å². The molecule has 3 rings (SSSR count). The van der Waals surface area contributed by atoms with E-state index < -0.39 is 5.91 Å². The van der Waals surface area contributed by atoms with Gasteiger partial charge in [-0.2, -0.15) is 5.26 Å². The molecule has 1 aliphatic heterocycles. The van der Waals surface area contributed by atoms with E-state index >= 15 is 0 Å². The van der Waals surface area contributed by atoms with E-state index in [4.69, 9.17) is 14.2 Å². The molecule has 8 nitrogen and oxygen atoms in total. The van der Waals surface area contributed by atoms with Crippen LogP contribution in [0.4, 0.5) is 5.69 Å². The minimum Gasteiger partial charge on any atom is -0.497 e. The molecule has 0 aliphatic carbocycles. The molecule has 0 saturated carbocycles. The zero-order chi connectivity index (χ0) is 22.8. The summed E-state index contributed by atoms with van der Waals surface area (Å²) < 4.78 is 16.1. The Morgan fingerprint density at radius 3 is 2.72 bits per heavy atom. The van der Waals surface area contributed by atoms with Crippen molar-refractivity contribution in [1.29, 1.82) is 5.26 Å². The minimum atomic E-state index is -0.524. The van der Waals surface area contributed by atoms with Gasteiger partial charge in [0.25, 0.3) is 11.8 Å². The molecule has 1 fully saturated rings. The second-order valence-electron chi connectivity index (χ2n) is 7.15. The van der Waals surface area contributed by atoms with E-state index in [1.54, 1.807) is 48.5 Å². The van der Waals surface area contributed by atoms with Gasteiger partial charge < -0.3 is 24.8 Å². The van der Waals surface area contributed by atoms with E-state index in [1.807, 2.05) is 6.07 Å². The molecule has 0 spiro atoms. The van der Waals surface area contributed by atoms with Crippen LogP contribution in [-0.2, 0) is 14.3 Å². The van der Waals surface area contributed by atoms with Crippen molar-refractivity contribution in [3.8, 4) is 17.6 Å². The first kappa shape index (κ1) is 22.8. The van der Waals surface area contributed by atoms with Crippen LogP contribution in [0.25, 0.3) is 6.08 Å². The predicted octanol–water partition coefficient (Wildman–Crippen LogP) is 2.91. The van der Waals surface area contributed by atoms with Crippen LogP contribution in [0.2, 0.25) is 0 Å². The molecule has 32 heavy (non-hydrogen) atoms. The Hall–Kier alpha value is -3.83. The summed E-state index contributed by atoms with van der Waals surface area (Å²) in [6.07, 6.45) is 3.54. The molecule has 2 aromatic carbocycles. The molecule has 0 unspecified atom stereocenters. The highest BCUT2D eigenvalue weighted by Crippen LogP contribution is 2.19. The largest absolute Gasteiger partial charge is 0.497 e. The summed E-state index contributed by atoms with van der Waals surface area (Å²) in [6, 6.07) is 15.5. The highest BCUT2D eigenvalue weighted by atomic mass is 16.5. The van der Waals surface area contributed by atoms with E-state index in [-0.39, 0.29) is 24.2 Å². The van der Waals surface area contributed by atoms with Gasteiger partial charge in [-0.3, -0.25) is 9.59 Å². The number of hydrogen-bond donors (Lipinski definition) is 2. The van der Waals surface area contributed by atoms with E-state index in [0.717, 1.165) is 19.4 Å². The molecule has 1 atom stereocenters. The lowest BCUT2D eigenvalue weighted by molar-refractivity contribution is -0.123. The molecular weight excluding hydrogens is 410 g/mol. The van der Waals surface area contributed by atoms with Crippen LogP contribution >= 0.6 is 0 Å². The number of hydrogen-bond acceptors (Lipinski definition) is 6. The lowest BCUT2D eigenvalue weighted by Gasteiger charge is -2.11. The molecule has 1 heterocycles. The van der Waals surface area contributed by atoms with Crippen molar-refractivity contribution < 1.29 is 23.8 Å². The summed E-state index contributed by atoms with van der Waals surface area (Å²) in [5.74, 6) is 0.365. The van der Waals surface area contributed by atoms with Gasteiger partial charge >= 0.3 is 0 Å². The second-order valence-corrected chi connectivity index (χ2v) is 7.15. The van der Waals surface area contributed by atoms with E-state index in [9.17, 15) is 14.9 Å². The van der Waals surface area contributed by atoms with E-state index in [2.05, 4.69) is 10.6 Å². The van der Waals surface area contributed by atoms with Crippen LogP contribution in [0.5, 0.6) is 11.5 Å². The van der Waals surface area contributed by atoms with Crippen molar-refractivity contribution in [2.45, 2.75) is 18.9 Å². The van der Waals surface area contributed by atoms with Gasteiger partial charge in [0.05, 0.1) is 13.2 Å². The van der Waals surface area contributed by atoms with Gasteiger partial charge in [-0.25, -0.2) is 0 Å². The van der Waals surface area contributed by atoms with Crippen LogP contribution in [0.15, 0.2) is 54.1 Å². The maximum Gasteiger partial charge on any atom is 0.266 e. The number of ether oxygens (including phenoxy) is 3. The fraction of sp³-hybridized carbons (Fsp3) is 0.292. The number of carbonyl (C=O) groups is 2. The standard InChI is InChI=1S/C24H25N3O5/c1-30-21-5-2-4-19(13-21)27-24(29)18(14-25)12-17-7-9-20(10-8-17)32-16-23(28)26-15-22-6-3-11-31-22/h2,4-5,7-10,12-13,22H,3,6,11,15-16H2,1H3,(H,26,28)(H,27,29)/b18-12+/t22-/m1/s1. The molecule has 166 valence electrons. The molecule has 0 radical (unpaired) electrons. The number of nitrogens with zero attached hydrogens (tertiary/aromatic N) is 1. The molecule has 1 saturated heterocycles. The second kappa shape index (κ2) is 11.5. The van der Waals surface area contributed by atoms with Crippen LogP contribution < -0.4 is 20.1 Å². The first-order valence-electron chi connectivity index (χ1n) is 10.3. The lowest BCUT2D eigenvalue weighted by atomic mass is 10.1. The van der Waals surface area contributed by atoms with Crippen molar-refractivity contribution in [3.63, 3.8) is 0 Å². The fourth-order valence-corrected chi connectivity index (χ4v) is 3.11. The van der Waals surface area contributed by atoms with Crippen LogP contribution in [0.3, 0.4) is 0 Å². The van der Waals surface area contributed by atoms with Gasteiger partial charge in [-0.1, -0.05) is 18.2 Å². The van der Waals surface area contributed by atoms with Gasteiger partial charge in [0.1, 0.15) is 23.1 Å². The maximum absolute atomic E-state index is 12.4. The predicted molar refractivity (Wildman–Crippen MR) is 119 cm³/mol. The van der Waals surface area contributed by atoms with Crippen LogP contribution in [0, 0.1) is 11.3 Å². The molecule has 8 heteroatoms. The third-order valence-corrected chi connectivity index (χ3v) is 4.80. The van der Waals surface area contributed by atoms with Gasteiger partial charge in [0, 0.05) is 24.9 Å². The van der Waals surface area contributed by atoms with Crippen LogP contribution in [-0.4, -0.2) is 44.8 Å². The zero-order valence-electron chi connectivity index (χ0n) is 17.8. The smallest absolute Gasteiger partial charge is 0.266 e. The Morgan fingerprint density at radius 2 is 2.03 bits per heavy atom. The Morgan fingerprint density at radius 1 is 1.22 bits per heavy atom. The molecule has 2 amide bonds. The highest BCUT2D eigenvalue weighted by Gasteiger charge is 2.16. The molecular formula is C24H25N3O5. The SMILES string of the molecule is COc1cccc(NC(=O)/C(C#N)=C/c2ccc(OCC(=O)NC[C@H]3CCCO3)cc2)c1. The Bertz CT molecular complexity index is 1010. The number of nitriles is 1.